The molecule has 0 spiro atoms. The summed E-state index contributed by atoms with van der Waals surface area (Å²) in [6.45, 7) is 0. The van der Waals surface area contributed by atoms with Crippen molar-refractivity contribution in [3.05, 3.63) is 126 Å². The van der Waals surface area contributed by atoms with Crippen LogP contribution in [0.25, 0.3) is 17.7 Å². The van der Waals surface area contributed by atoms with Gasteiger partial charge in [0.05, 0.1) is 0 Å². The molecule has 0 N–H and O–H groups in total. The lowest BCUT2D eigenvalue weighted by atomic mass is 10.0. The maximum atomic E-state index is 2.21. The van der Waals surface area contributed by atoms with Crippen molar-refractivity contribution < 1.29 is 0 Å². The molecule has 0 aliphatic carbocycles. The van der Waals surface area contributed by atoms with Gasteiger partial charge in [0.15, 0.2) is 0 Å². The Morgan fingerprint density at radius 2 is 1.08 bits per heavy atom. The number of hydrogen-bond acceptors (Lipinski definition) is 0. The Bertz CT molecular complexity index is 823. The van der Waals surface area contributed by atoms with Crippen LogP contribution in [-0.2, 0) is 0 Å². The quantitative estimate of drug-likeness (QED) is 0.373. The van der Waals surface area contributed by atoms with Crippen LogP contribution in [0.3, 0.4) is 0 Å². The van der Waals surface area contributed by atoms with E-state index in [1.165, 1.54) is 22.3 Å². The van der Waals surface area contributed by atoms with Crippen molar-refractivity contribution in [3.8, 4) is 0 Å². The van der Waals surface area contributed by atoms with Crippen molar-refractivity contribution in [3.63, 3.8) is 0 Å². The molecule has 0 aliphatic heterocycles. The lowest BCUT2D eigenvalue weighted by Crippen LogP contribution is -1.81. The van der Waals surface area contributed by atoms with Gasteiger partial charge in [-0.25, -0.2) is 0 Å². The van der Waals surface area contributed by atoms with Crippen molar-refractivity contribution in [2.45, 2.75) is 0 Å². The van der Waals surface area contributed by atoms with Crippen LogP contribution in [0.4, 0.5) is 0 Å². The second-order valence-electron chi connectivity index (χ2n) is 5.51. The van der Waals surface area contributed by atoms with Crippen LogP contribution in [0, 0.1) is 0 Å². The monoisotopic (exact) mass is 308 g/mol. The molecule has 3 aromatic carbocycles. The van der Waals surface area contributed by atoms with Crippen molar-refractivity contribution in [1.82, 2.24) is 0 Å². The van der Waals surface area contributed by atoms with Gasteiger partial charge in [-0.3, -0.25) is 0 Å². The van der Waals surface area contributed by atoms with Crippen molar-refractivity contribution >= 4 is 17.7 Å². The summed E-state index contributed by atoms with van der Waals surface area (Å²) in [4.78, 5) is 0. The summed E-state index contributed by atoms with van der Waals surface area (Å²) < 4.78 is 0. The molecule has 0 unspecified atom stereocenters. The molecule has 116 valence electrons. The molecular formula is C24H20. The zero-order valence-electron chi connectivity index (χ0n) is 13.5. The van der Waals surface area contributed by atoms with E-state index < -0.39 is 0 Å². The summed E-state index contributed by atoms with van der Waals surface area (Å²) in [6.07, 6.45) is 10.7. The Balaban J connectivity index is 1.84. The molecule has 3 aromatic rings. The molecule has 0 bridgehead atoms. The lowest BCUT2D eigenvalue weighted by molar-refractivity contribution is 1.61. The number of benzene rings is 3. The molecule has 0 saturated heterocycles. The third-order valence-corrected chi connectivity index (χ3v) is 3.70. The SMILES string of the molecule is C(C=Cc1ccccc1)=C/C(=C/c1ccccc1)c1ccccc1. The van der Waals surface area contributed by atoms with Gasteiger partial charge in [0.2, 0.25) is 0 Å². The maximum Gasteiger partial charge on any atom is -0.0178 e. The predicted octanol–water partition coefficient (Wildman–Crippen LogP) is 6.50. The van der Waals surface area contributed by atoms with E-state index >= 15 is 0 Å². The first-order valence-corrected chi connectivity index (χ1v) is 8.14. The zero-order valence-corrected chi connectivity index (χ0v) is 13.5. The highest BCUT2D eigenvalue weighted by Gasteiger charge is 1.97. The minimum absolute atomic E-state index is 1.19. The van der Waals surface area contributed by atoms with E-state index in [1.807, 2.05) is 30.3 Å². The maximum absolute atomic E-state index is 2.21. The fourth-order valence-corrected chi connectivity index (χ4v) is 2.48. The van der Waals surface area contributed by atoms with Crippen LogP contribution in [-0.4, -0.2) is 0 Å². The first-order valence-electron chi connectivity index (χ1n) is 8.14. The van der Waals surface area contributed by atoms with Crippen LogP contribution in [0.15, 0.2) is 109 Å². The normalized spacial score (nSPS) is 12.1. The fourth-order valence-electron chi connectivity index (χ4n) is 2.48. The lowest BCUT2D eigenvalue weighted by Gasteiger charge is -2.03. The van der Waals surface area contributed by atoms with E-state index in [1.54, 1.807) is 0 Å². The van der Waals surface area contributed by atoms with Gasteiger partial charge in [0.1, 0.15) is 0 Å². The van der Waals surface area contributed by atoms with Crippen LogP contribution in [0.1, 0.15) is 16.7 Å². The highest BCUT2D eigenvalue weighted by molar-refractivity contribution is 5.87. The number of rotatable bonds is 5. The second kappa shape index (κ2) is 8.50. The summed E-state index contributed by atoms with van der Waals surface area (Å²) in [6, 6.07) is 31.2. The summed E-state index contributed by atoms with van der Waals surface area (Å²) >= 11 is 0. The van der Waals surface area contributed by atoms with Gasteiger partial charge in [-0.1, -0.05) is 115 Å². The third kappa shape index (κ3) is 4.69. The van der Waals surface area contributed by atoms with E-state index in [0.717, 1.165) is 0 Å². The second-order valence-corrected chi connectivity index (χ2v) is 5.51. The van der Waals surface area contributed by atoms with Crippen molar-refractivity contribution in [1.29, 1.82) is 0 Å². The molecule has 3 rings (SSSR count). The Morgan fingerprint density at radius 1 is 0.542 bits per heavy atom. The Labute approximate surface area is 144 Å². The van der Waals surface area contributed by atoms with Gasteiger partial charge in [-0.2, -0.15) is 0 Å². The van der Waals surface area contributed by atoms with Gasteiger partial charge in [0.25, 0.3) is 0 Å². The molecule has 0 aliphatic rings. The molecule has 0 heterocycles. The van der Waals surface area contributed by atoms with Crippen molar-refractivity contribution in [2.75, 3.05) is 0 Å². The van der Waals surface area contributed by atoms with E-state index in [-0.39, 0.29) is 0 Å². The van der Waals surface area contributed by atoms with Crippen molar-refractivity contribution in [2.24, 2.45) is 0 Å². The molecule has 0 atom stereocenters. The first-order chi connectivity index (χ1) is 11.9. The minimum atomic E-state index is 1.19. The Kier molecular flexibility index (Phi) is 5.58. The van der Waals surface area contributed by atoms with Crippen LogP contribution < -0.4 is 0 Å². The van der Waals surface area contributed by atoms with Crippen LogP contribution in [0.5, 0.6) is 0 Å². The smallest absolute Gasteiger partial charge is 0.0178 e. The van der Waals surface area contributed by atoms with E-state index in [9.17, 15) is 0 Å². The Morgan fingerprint density at radius 3 is 1.71 bits per heavy atom. The number of allylic oxidation sites excluding steroid dienone is 4. The van der Waals surface area contributed by atoms with E-state index in [2.05, 4.69) is 91.0 Å². The molecule has 0 radical (unpaired) electrons. The summed E-state index contributed by atoms with van der Waals surface area (Å²) in [5.74, 6) is 0. The van der Waals surface area contributed by atoms with Crippen LogP contribution in [0.2, 0.25) is 0 Å². The molecule has 0 nitrogen and oxygen atoms in total. The topological polar surface area (TPSA) is 0 Å². The molecule has 0 fully saturated rings. The van der Waals surface area contributed by atoms with E-state index in [4.69, 9.17) is 0 Å². The van der Waals surface area contributed by atoms with Gasteiger partial charge < -0.3 is 0 Å². The average molecular weight is 308 g/mol. The number of hydrogen-bond donors (Lipinski definition) is 0. The minimum Gasteiger partial charge on any atom is -0.0622 e. The van der Waals surface area contributed by atoms with Gasteiger partial charge in [0, 0.05) is 0 Å². The third-order valence-electron chi connectivity index (χ3n) is 3.70. The molecule has 0 heteroatoms. The molecular weight excluding hydrogens is 288 g/mol. The highest BCUT2D eigenvalue weighted by Crippen LogP contribution is 2.19. The van der Waals surface area contributed by atoms with Crippen LogP contribution >= 0.6 is 0 Å². The van der Waals surface area contributed by atoms with Gasteiger partial charge >= 0.3 is 0 Å². The zero-order chi connectivity index (χ0) is 16.5. The fraction of sp³-hybridized carbons (Fsp3) is 0. The van der Waals surface area contributed by atoms with Gasteiger partial charge in [-0.15, -0.1) is 0 Å². The molecule has 0 aromatic heterocycles. The first kappa shape index (κ1) is 15.8. The summed E-state index contributed by atoms with van der Waals surface area (Å²) in [5.41, 5.74) is 4.81. The molecule has 0 amide bonds. The highest BCUT2D eigenvalue weighted by atomic mass is 14.0. The summed E-state index contributed by atoms with van der Waals surface area (Å²) in [7, 11) is 0. The molecule has 0 saturated carbocycles. The average Bonchev–Trinajstić information content (AvgIpc) is 2.66. The van der Waals surface area contributed by atoms with Gasteiger partial charge in [-0.05, 0) is 28.3 Å². The largest absolute Gasteiger partial charge is 0.0622 e. The van der Waals surface area contributed by atoms with E-state index in [0.29, 0.717) is 0 Å². The predicted molar refractivity (Wildman–Crippen MR) is 105 cm³/mol. The standard InChI is InChI=1S/C24H20/c1-4-12-21(13-5-1)14-10-11-19-24(23-17-8-3-9-18-23)20-22-15-6-2-7-16-22/h1-20H/b14-10?,19-11?,24-20-. The summed E-state index contributed by atoms with van der Waals surface area (Å²) in [5, 5.41) is 0. The Hall–Kier alpha value is -3.12. The molecule has 24 heavy (non-hydrogen) atoms.